The number of nitro benzene ring substituents is 1. The highest BCUT2D eigenvalue weighted by Crippen LogP contribution is 2.39. The van der Waals surface area contributed by atoms with E-state index >= 15 is 0 Å². The molecular formula is C11H3Cl2F3N2O3. The highest BCUT2D eigenvalue weighted by molar-refractivity contribution is 6.37. The molecule has 0 bridgehead atoms. The Kier molecular flexibility index (Phi) is 4.19. The Morgan fingerprint density at radius 1 is 1.10 bits per heavy atom. The molecule has 0 N–H and O–H groups in total. The van der Waals surface area contributed by atoms with E-state index in [2.05, 4.69) is 4.98 Å². The zero-order chi connectivity index (χ0) is 15.7. The van der Waals surface area contributed by atoms with Crippen molar-refractivity contribution in [2.45, 2.75) is 0 Å². The van der Waals surface area contributed by atoms with Gasteiger partial charge in [-0.15, -0.1) is 0 Å². The quantitative estimate of drug-likeness (QED) is 0.469. The van der Waals surface area contributed by atoms with Crippen LogP contribution >= 0.6 is 23.2 Å². The number of hydrogen-bond donors (Lipinski definition) is 0. The van der Waals surface area contributed by atoms with E-state index in [-0.39, 0.29) is 21.9 Å². The molecule has 0 aliphatic carbocycles. The van der Waals surface area contributed by atoms with Gasteiger partial charge in [0.1, 0.15) is 0 Å². The van der Waals surface area contributed by atoms with Crippen LogP contribution in [0.25, 0.3) is 0 Å². The zero-order valence-electron chi connectivity index (χ0n) is 9.74. The molecule has 2 rings (SSSR count). The fraction of sp³-hybridized carbons (Fsp3) is 0. The Morgan fingerprint density at radius 3 is 2.19 bits per heavy atom. The minimum Gasteiger partial charge on any atom is -0.433 e. The summed E-state index contributed by atoms with van der Waals surface area (Å²) < 4.78 is 43.9. The number of pyridine rings is 1. The van der Waals surface area contributed by atoms with Crippen molar-refractivity contribution in [2.75, 3.05) is 0 Å². The van der Waals surface area contributed by atoms with Gasteiger partial charge in [-0.3, -0.25) is 10.1 Å². The Hall–Kier alpha value is -2.06. The Morgan fingerprint density at radius 2 is 1.67 bits per heavy atom. The van der Waals surface area contributed by atoms with Gasteiger partial charge < -0.3 is 4.74 Å². The minimum absolute atomic E-state index is 0.227. The van der Waals surface area contributed by atoms with Crippen molar-refractivity contribution >= 4 is 28.9 Å². The molecule has 0 fully saturated rings. The van der Waals surface area contributed by atoms with Crippen LogP contribution in [0.2, 0.25) is 10.0 Å². The van der Waals surface area contributed by atoms with Gasteiger partial charge in [-0.1, -0.05) is 23.2 Å². The second-order valence-electron chi connectivity index (χ2n) is 3.65. The van der Waals surface area contributed by atoms with E-state index in [1.54, 1.807) is 0 Å². The lowest BCUT2D eigenvalue weighted by molar-refractivity contribution is -0.384. The van der Waals surface area contributed by atoms with E-state index in [1.807, 2.05) is 0 Å². The number of rotatable bonds is 3. The van der Waals surface area contributed by atoms with Crippen LogP contribution in [-0.4, -0.2) is 9.91 Å². The van der Waals surface area contributed by atoms with E-state index in [9.17, 15) is 23.3 Å². The van der Waals surface area contributed by atoms with Crippen LogP contribution in [-0.2, 0) is 0 Å². The smallest absolute Gasteiger partial charge is 0.272 e. The second-order valence-corrected chi connectivity index (χ2v) is 4.46. The SMILES string of the molecule is O=[N+]([O-])c1cc(Cl)c(Oc2nc(F)c(F)cc2F)c(Cl)c1. The number of nitro groups is 1. The van der Waals surface area contributed by atoms with Gasteiger partial charge in [-0.2, -0.15) is 9.37 Å². The molecule has 21 heavy (non-hydrogen) atoms. The summed E-state index contributed by atoms with van der Waals surface area (Å²) >= 11 is 11.4. The summed E-state index contributed by atoms with van der Waals surface area (Å²) in [6.07, 6.45) is 0. The van der Waals surface area contributed by atoms with Gasteiger partial charge in [-0.05, 0) is 0 Å². The molecule has 1 heterocycles. The van der Waals surface area contributed by atoms with Gasteiger partial charge in [-0.25, -0.2) is 8.78 Å². The first-order chi connectivity index (χ1) is 9.79. The van der Waals surface area contributed by atoms with Crippen LogP contribution in [0.3, 0.4) is 0 Å². The Bertz CT molecular complexity index is 720. The van der Waals surface area contributed by atoms with E-state index < -0.39 is 34.1 Å². The summed E-state index contributed by atoms with van der Waals surface area (Å²) in [6, 6.07) is 2.03. The summed E-state index contributed by atoms with van der Waals surface area (Å²) in [5.41, 5.74) is -0.420. The molecule has 0 unspecified atom stereocenters. The van der Waals surface area contributed by atoms with Crippen molar-refractivity contribution in [3.63, 3.8) is 0 Å². The maximum atomic E-state index is 13.4. The Balaban J connectivity index is 2.45. The van der Waals surface area contributed by atoms with Crippen LogP contribution < -0.4 is 4.74 Å². The molecule has 5 nitrogen and oxygen atoms in total. The third kappa shape index (κ3) is 3.17. The Labute approximate surface area is 125 Å². The van der Waals surface area contributed by atoms with Gasteiger partial charge >= 0.3 is 0 Å². The molecule has 110 valence electrons. The second kappa shape index (κ2) is 5.74. The number of nitrogens with zero attached hydrogens (tertiary/aromatic N) is 2. The van der Waals surface area contributed by atoms with Crippen molar-refractivity contribution in [3.8, 4) is 11.6 Å². The van der Waals surface area contributed by atoms with Crippen molar-refractivity contribution < 1.29 is 22.8 Å². The summed E-state index contributed by atoms with van der Waals surface area (Å²) in [7, 11) is 0. The number of benzene rings is 1. The molecule has 1 aromatic heterocycles. The molecule has 0 aliphatic rings. The van der Waals surface area contributed by atoms with Gasteiger partial charge in [0.05, 0.1) is 15.0 Å². The summed E-state index contributed by atoms with van der Waals surface area (Å²) in [4.78, 5) is 12.8. The summed E-state index contributed by atoms with van der Waals surface area (Å²) in [5, 5.41) is 9.96. The average Bonchev–Trinajstić information content (AvgIpc) is 2.39. The molecular weight excluding hydrogens is 336 g/mol. The molecule has 0 amide bonds. The van der Waals surface area contributed by atoms with Crippen LogP contribution in [0.5, 0.6) is 11.6 Å². The van der Waals surface area contributed by atoms with Crippen LogP contribution in [0.15, 0.2) is 18.2 Å². The number of hydrogen-bond acceptors (Lipinski definition) is 4. The summed E-state index contributed by atoms with van der Waals surface area (Å²) in [5.74, 6) is -5.66. The van der Waals surface area contributed by atoms with Gasteiger partial charge in [0.25, 0.3) is 17.5 Å². The number of aromatic nitrogens is 1. The fourth-order valence-corrected chi connectivity index (χ4v) is 1.90. The van der Waals surface area contributed by atoms with Crippen molar-refractivity contribution in [1.29, 1.82) is 0 Å². The normalized spacial score (nSPS) is 10.5. The third-order valence-corrected chi connectivity index (χ3v) is 2.81. The lowest BCUT2D eigenvalue weighted by atomic mass is 10.3. The van der Waals surface area contributed by atoms with E-state index in [4.69, 9.17) is 27.9 Å². The first-order valence-electron chi connectivity index (χ1n) is 5.12. The van der Waals surface area contributed by atoms with Crippen molar-refractivity contribution in [3.05, 3.63) is 55.9 Å². The minimum atomic E-state index is -1.58. The highest BCUT2D eigenvalue weighted by Gasteiger charge is 2.20. The molecule has 1 aromatic carbocycles. The van der Waals surface area contributed by atoms with Crippen LogP contribution in [0.4, 0.5) is 18.9 Å². The molecule has 0 atom stereocenters. The molecule has 2 aromatic rings. The highest BCUT2D eigenvalue weighted by atomic mass is 35.5. The summed E-state index contributed by atoms with van der Waals surface area (Å²) in [6.45, 7) is 0. The lowest BCUT2D eigenvalue weighted by Crippen LogP contribution is -1.99. The molecule has 0 aliphatic heterocycles. The maximum Gasteiger partial charge on any atom is 0.272 e. The number of halogens is 5. The third-order valence-electron chi connectivity index (χ3n) is 2.25. The van der Waals surface area contributed by atoms with Crippen LogP contribution in [0.1, 0.15) is 0 Å². The first-order valence-corrected chi connectivity index (χ1v) is 5.88. The predicted octanol–water partition coefficient (Wildman–Crippen LogP) is 4.51. The predicted molar refractivity (Wildman–Crippen MR) is 67.3 cm³/mol. The molecule has 0 saturated heterocycles. The lowest BCUT2D eigenvalue weighted by Gasteiger charge is -2.09. The van der Waals surface area contributed by atoms with Gasteiger partial charge in [0.15, 0.2) is 17.4 Å². The van der Waals surface area contributed by atoms with Crippen molar-refractivity contribution in [2.24, 2.45) is 0 Å². The first kappa shape index (κ1) is 15.3. The van der Waals surface area contributed by atoms with E-state index in [0.29, 0.717) is 0 Å². The fourth-order valence-electron chi connectivity index (χ4n) is 1.35. The monoisotopic (exact) mass is 338 g/mol. The van der Waals surface area contributed by atoms with Gasteiger partial charge in [0.2, 0.25) is 0 Å². The van der Waals surface area contributed by atoms with E-state index in [1.165, 1.54) is 0 Å². The molecule has 10 heteroatoms. The van der Waals surface area contributed by atoms with E-state index in [0.717, 1.165) is 12.1 Å². The average molecular weight is 339 g/mol. The molecule has 0 saturated carbocycles. The zero-order valence-corrected chi connectivity index (χ0v) is 11.3. The van der Waals surface area contributed by atoms with Crippen molar-refractivity contribution in [1.82, 2.24) is 4.98 Å². The van der Waals surface area contributed by atoms with Gasteiger partial charge in [0, 0.05) is 18.2 Å². The standard InChI is InChI=1S/C11H3Cl2F3N2O3/c12-5-1-4(18(19)20)2-6(13)9(5)21-11-8(15)3-7(14)10(16)17-11/h1-3H. The molecule has 0 spiro atoms. The topological polar surface area (TPSA) is 65.3 Å². The largest absolute Gasteiger partial charge is 0.433 e. The number of ether oxygens (including phenoxy) is 1. The maximum absolute atomic E-state index is 13.4. The number of non-ortho nitro benzene ring substituents is 1. The molecule has 0 radical (unpaired) electrons. The van der Waals surface area contributed by atoms with Crippen LogP contribution in [0, 0.1) is 27.7 Å².